The van der Waals surface area contributed by atoms with Gasteiger partial charge < -0.3 is 10.1 Å². The van der Waals surface area contributed by atoms with Gasteiger partial charge in [-0.2, -0.15) is 0 Å². The Morgan fingerprint density at radius 3 is 2.38 bits per heavy atom. The minimum atomic E-state index is -2.77. The summed E-state index contributed by atoms with van der Waals surface area (Å²) in [5.41, 5.74) is -0.0640. The van der Waals surface area contributed by atoms with E-state index in [1.165, 1.54) is 12.8 Å². The molecule has 3 heterocycles. The SMILES string of the molecule is Cl.Cl.O=C(NCC1(N2CCCC2)CCOCC1)C1CC(F)(F)CN1. The average molecular weight is 390 g/mol. The van der Waals surface area contributed by atoms with Crippen molar-refractivity contribution in [3.8, 4) is 0 Å². The molecule has 5 nitrogen and oxygen atoms in total. The molecule has 1 atom stereocenters. The van der Waals surface area contributed by atoms with E-state index in [9.17, 15) is 13.6 Å². The van der Waals surface area contributed by atoms with Gasteiger partial charge in [-0.15, -0.1) is 24.8 Å². The molecule has 3 rings (SSSR count). The minimum Gasteiger partial charge on any atom is -0.381 e. The Bertz CT molecular complexity index is 418. The monoisotopic (exact) mass is 389 g/mol. The number of alkyl halides is 2. The molecule has 1 unspecified atom stereocenters. The van der Waals surface area contributed by atoms with E-state index in [4.69, 9.17) is 4.74 Å². The first kappa shape index (κ1) is 21.8. The van der Waals surface area contributed by atoms with Crippen molar-refractivity contribution in [2.45, 2.75) is 49.6 Å². The normalized spacial score (nSPS) is 28.7. The number of carbonyl (C=O) groups excluding carboxylic acids is 1. The van der Waals surface area contributed by atoms with Crippen molar-refractivity contribution in [2.24, 2.45) is 0 Å². The molecule has 9 heteroatoms. The lowest BCUT2D eigenvalue weighted by atomic mass is 9.88. The van der Waals surface area contributed by atoms with Gasteiger partial charge in [-0.3, -0.25) is 15.0 Å². The molecule has 0 aromatic carbocycles. The van der Waals surface area contributed by atoms with E-state index in [1.807, 2.05) is 0 Å². The third-order valence-electron chi connectivity index (χ3n) is 5.22. The minimum absolute atomic E-state index is 0. The van der Waals surface area contributed by atoms with Crippen LogP contribution in [-0.4, -0.2) is 67.7 Å². The van der Waals surface area contributed by atoms with Gasteiger partial charge in [-0.05, 0) is 38.8 Å². The van der Waals surface area contributed by atoms with E-state index in [2.05, 4.69) is 15.5 Å². The Labute approximate surface area is 154 Å². The quantitative estimate of drug-likeness (QED) is 0.766. The van der Waals surface area contributed by atoms with Gasteiger partial charge in [0.1, 0.15) is 0 Å². The van der Waals surface area contributed by atoms with Crippen LogP contribution in [0.3, 0.4) is 0 Å². The molecule has 3 fully saturated rings. The van der Waals surface area contributed by atoms with Gasteiger partial charge in [0.25, 0.3) is 5.92 Å². The molecule has 3 saturated heterocycles. The number of nitrogens with one attached hydrogen (secondary N) is 2. The first-order valence-corrected chi connectivity index (χ1v) is 8.23. The first-order chi connectivity index (χ1) is 10.5. The van der Waals surface area contributed by atoms with Gasteiger partial charge in [0.05, 0.1) is 12.6 Å². The summed E-state index contributed by atoms with van der Waals surface area (Å²) in [5, 5.41) is 5.53. The summed E-state index contributed by atoms with van der Waals surface area (Å²) in [6.07, 6.45) is 3.75. The van der Waals surface area contributed by atoms with Gasteiger partial charge in [-0.1, -0.05) is 0 Å². The van der Waals surface area contributed by atoms with Crippen molar-refractivity contribution >= 4 is 30.7 Å². The molecule has 3 aliphatic rings. The fourth-order valence-electron chi connectivity index (χ4n) is 3.82. The van der Waals surface area contributed by atoms with Crippen molar-refractivity contribution in [1.82, 2.24) is 15.5 Å². The Morgan fingerprint density at radius 2 is 1.83 bits per heavy atom. The molecule has 24 heavy (non-hydrogen) atoms. The predicted octanol–water partition coefficient (Wildman–Crippen LogP) is 1.59. The summed E-state index contributed by atoms with van der Waals surface area (Å²) >= 11 is 0. The van der Waals surface area contributed by atoms with Crippen LogP contribution in [0, 0.1) is 0 Å². The Hall–Kier alpha value is -0.210. The Kier molecular flexibility index (Phi) is 8.13. The van der Waals surface area contributed by atoms with Crippen LogP contribution in [0.25, 0.3) is 0 Å². The highest BCUT2D eigenvalue weighted by Crippen LogP contribution is 2.31. The highest BCUT2D eigenvalue weighted by Gasteiger charge is 2.44. The molecule has 3 aliphatic heterocycles. The maximum atomic E-state index is 13.2. The van der Waals surface area contributed by atoms with Gasteiger partial charge in [-0.25, -0.2) is 8.78 Å². The second kappa shape index (κ2) is 8.94. The number of halogens is 4. The lowest BCUT2D eigenvalue weighted by Gasteiger charge is -2.44. The molecule has 0 aromatic rings. The lowest BCUT2D eigenvalue weighted by molar-refractivity contribution is -0.124. The topological polar surface area (TPSA) is 53.6 Å². The third kappa shape index (κ3) is 4.91. The molecule has 0 bridgehead atoms. The van der Waals surface area contributed by atoms with Crippen LogP contribution in [0.5, 0.6) is 0 Å². The number of carbonyl (C=O) groups is 1. The van der Waals surface area contributed by atoms with E-state index in [1.54, 1.807) is 0 Å². The second-order valence-corrected chi connectivity index (χ2v) is 6.74. The number of hydrogen-bond donors (Lipinski definition) is 2. The number of rotatable bonds is 4. The average Bonchev–Trinajstić information content (AvgIpc) is 3.15. The van der Waals surface area contributed by atoms with Crippen molar-refractivity contribution in [3.63, 3.8) is 0 Å². The van der Waals surface area contributed by atoms with Crippen molar-refractivity contribution in [3.05, 3.63) is 0 Å². The summed E-state index contributed by atoms with van der Waals surface area (Å²) in [7, 11) is 0. The zero-order valence-corrected chi connectivity index (χ0v) is 15.3. The van der Waals surface area contributed by atoms with Crippen LogP contribution in [0.2, 0.25) is 0 Å². The van der Waals surface area contributed by atoms with Gasteiger partial charge >= 0.3 is 0 Å². The lowest BCUT2D eigenvalue weighted by Crippen LogP contribution is -2.58. The molecule has 142 valence electrons. The summed E-state index contributed by atoms with van der Waals surface area (Å²) in [4.78, 5) is 14.6. The van der Waals surface area contributed by atoms with Gasteiger partial charge in [0.2, 0.25) is 5.91 Å². The summed E-state index contributed by atoms with van der Waals surface area (Å²) in [6.45, 7) is 3.62. The second-order valence-electron chi connectivity index (χ2n) is 6.74. The van der Waals surface area contributed by atoms with Crippen LogP contribution >= 0.6 is 24.8 Å². The van der Waals surface area contributed by atoms with Crippen molar-refractivity contribution in [1.29, 1.82) is 0 Å². The van der Waals surface area contributed by atoms with Crippen LogP contribution in [-0.2, 0) is 9.53 Å². The predicted molar refractivity (Wildman–Crippen MR) is 92.5 cm³/mol. The number of nitrogens with zero attached hydrogens (tertiary/aromatic N) is 1. The number of ether oxygens (including phenoxy) is 1. The fraction of sp³-hybridized carbons (Fsp3) is 0.933. The molecule has 0 spiro atoms. The van der Waals surface area contributed by atoms with Crippen LogP contribution in [0.4, 0.5) is 8.78 Å². The number of hydrogen-bond acceptors (Lipinski definition) is 4. The highest BCUT2D eigenvalue weighted by atomic mass is 35.5. The number of likely N-dealkylation sites (tertiary alicyclic amines) is 1. The molecule has 0 saturated carbocycles. The van der Waals surface area contributed by atoms with Crippen molar-refractivity contribution < 1.29 is 18.3 Å². The summed E-state index contributed by atoms with van der Waals surface area (Å²) in [6, 6.07) is -0.773. The molecular weight excluding hydrogens is 363 g/mol. The molecule has 0 radical (unpaired) electrons. The molecule has 0 aliphatic carbocycles. The summed E-state index contributed by atoms with van der Waals surface area (Å²) in [5.74, 6) is -3.07. The number of amides is 1. The highest BCUT2D eigenvalue weighted by molar-refractivity contribution is 5.85. The molecule has 0 aromatic heterocycles. The van der Waals surface area contributed by atoms with Crippen LogP contribution in [0.15, 0.2) is 0 Å². The van der Waals surface area contributed by atoms with Crippen LogP contribution in [0.1, 0.15) is 32.1 Å². The van der Waals surface area contributed by atoms with E-state index < -0.39 is 24.9 Å². The Morgan fingerprint density at radius 1 is 1.21 bits per heavy atom. The smallest absolute Gasteiger partial charge is 0.262 e. The van der Waals surface area contributed by atoms with Crippen LogP contribution < -0.4 is 10.6 Å². The van der Waals surface area contributed by atoms with E-state index >= 15 is 0 Å². The van der Waals surface area contributed by atoms with Gasteiger partial charge in [0, 0.05) is 31.7 Å². The molecule has 1 amide bonds. The van der Waals surface area contributed by atoms with E-state index in [0.717, 1.165) is 25.9 Å². The standard InChI is InChI=1S/C15H25F2N3O2.2ClH/c16-15(17)9-12(18-11-15)13(21)19-10-14(3-7-22-8-4-14)20-5-1-2-6-20;;/h12,18H,1-11H2,(H,19,21);2*1H. The maximum absolute atomic E-state index is 13.2. The van der Waals surface area contributed by atoms with Crippen molar-refractivity contribution in [2.75, 3.05) is 39.4 Å². The molecular formula is C15H27Cl2F2N3O2. The Balaban J connectivity index is 0.00000144. The maximum Gasteiger partial charge on any atom is 0.262 e. The van der Waals surface area contributed by atoms with E-state index in [0.29, 0.717) is 19.8 Å². The third-order valence-corrected chi connectivity index (χ3v) is 5.22. The molecule has 2 N–H and O–H groups in total. The van der Waals surface area contributed by atoms with E-state index in [-0.39, 0.29) is 36.3 Å². The summed E-state index contributed by atoms with van der Waals surface area (Å²) < 4.78 is 31.9. The van der Waals surface area contributed by atoms with Gasteiger partial charge in [0.15, 0.2) is 0 Å². The first-order valence-electron chi connectivity index (χ1n) is 8.23. The zero-order chi connectivity index (χ0) is 15.6. The largest absolute Gasteiger partial charge is 0.381 e. The fourth-order valence-corrected chi connectivity index (χ4v) is 3.82. The zero-order valence-electron chi connectivity index (χ0n) is 13.7.